The minimum absolute atomic E-state index is 0.276. The molecule has 0 radical (unpaired) electrons. The molecule has 1 aromatic carbocycles. The summed E-state index contributed by atoms with van der Waals surface area (Å²) in [5, 5.41) is 10.8. The Kier molecular flexibility index (Phi) is 4.34. The van der Waals surface area contributed by atoms with Crippen molar-refractivity contribution in [1.29, 1.82) is 0 Å². The van der Waals surface area contributed by atoms with Crippen molar-refractivity contribution in [3.63, 3.8) is 0 Å². The zero-order chi connectivity index (χ0) is 15.4. The van der Waals surface area contributed by atoms with Gasteiger partial charge in [-0.2, -0.15) is 0 Å². The number of rotatable bonds is 3. The summed E-state index contributed by atoms with van der Waals surface area (Å²) in [6.45, 7) is 1.77. The molecule has 1 aliphatic carbocycles. The molecule has 1 aromatic heterocycles. The van der Waals surface area contributed by atoms with Crippen LogP contribution in [0.25, 0.3) is 0 Å². The average molecular weight is 294 g/mol. The second-order valence-corrected chi connectivity index (χ2v) is 6.07. The van der Waals surface area contributed by atoms with E-state index in [1.54, 1.807) is 13.1 Å². The van der Waals surface area contributed by atoms with Crippen LogP contribution in [0.15, 0.2) is 59.9 Å². The van der Waals surface area contributed by atoms with Crippen molar-refractivity contribution in [3.8, 4) is 0 Å². The minimum Gasteiger partial charge on any atom is -0.366 e. The Bertz CT molecular complexity index is 635. The molecule has 3 rings (SSSR count). The van der Waals surface area contributed by atoms with Crippen LogP contribution in [0.5, 0.6) is 0 Å². The molecular weight excluding hydrogens is 272 g/mol. The Morgan fingerprint density at radius 1 is 1.14 bits per heavy atom. The Labute approximate surface area is 131 Å². The van der Waals surface area contributed by atoms with Gasteiger partial charge in [0.05, 0.1) is 0 Å². The van der Waals surface area contributed by atoms with Gasteiger partial charge in [0.2, 0.25) is 0 Å². The predicted molar refractivity (Wildman–Crippen MR) is 88.9 cm³/mol. The zero-order valence-electron chi connectivity index (χ0n) is 12.9. The lowest BCUT2D eigenvalue weighted by Gasteiger charge is -2.28. The molecule has 3 heteroatoms. The molecule has 0 bridgehead atoms. The van der Waals surface area contributed by atoms with Gasteiger partial charge in [0.25, 0.3) is 0 Å². The fraction of sp³-hybridized carbons (Fsp3) is 0.368. The average Bonchev–Trinajstić information content (AvgIpc) is 2.57. The van der Waals surface area contributed by atoms with Gasteiger partial charge in [-0.05, 0) is 37.8 Å². The normalized spacial score (nSPS) is 23.2. The van der Waals surface area contributed by atoms with Crippen LogP contribution in [0.1, 0.15) is 49.7 Å². The van der Waals surface area contributed by atoms with Crippen LogP contribution >= 0.6 is 0 Å². The first-order chi connectivity index (χ1) is 10.7. The van der Waals surface area contributed by atoms with E-state index >= 15 is 0 Å². The van der Waals surface area contributed by atoms with Gasteiger partial charge in [0.15, 0.2) is 5.72 Å². The molecular formula is C19H22N2O. The summed E-state index contributed by atoms with van der Waals surface area (Å²) in [6, 6.07) is 13.7. The summed E-state index contributed by atoms with van der Waals surface area (Å²) in [4.78, 5) is 8.97. The highest BCUT2D eigenvalue weighted by Crippen LogP contribution is 2.33. The van der Waals surface area contributed by atoms with E-state index in [-0.39, 0.29) is 5.92 Å². The Morgan fingerprint density at radius 2 is 1.95 bits per heavy atom. The van der Waals surface area contributed by atoms with Gasteiger partial charge in [0, 0.05) is 29.6 Å². The maximum Gasteiger partial charge on any atom is 0.179 e. The van der Waals surface area contributed by atoms with Crippen molar-refractivity contribution >= 4 is 5.71 Å². The number of nitrogens with zero attached hydrogens (tertiary/aromatic N) is 2. The predicted octanol–water partition coefficient (Wildman–Crippen LogP) is 4.05. The monoisotopic (exact) mass is 294 g/mol. The van der Waals surface area contributed by atoms with Gasteiger partial charge in [-0.3, -0.25) is 9.98 Å². The number of pyridine rings is 1. The smallest absolute Gasteiger partial charge is 0.179 e. The second kappa shape index (κ2) is 6.41. The van der Waals surface area contributed by atoms with Crippen molar-refractivity contribution in [2.45, 2.75) is 44.2 Å². The van der Waals surface area contributed by atoms with Gasteiger partial charge >= 0.3 is 0 Å². The summed E-state index contributed by atoms with van der Waals surface area (Å²) in [6.07, 6.45) is 8.08. The van der Waals surface area contributed by atoms with E-state index in [1.165, 1.54) is 12.0 Å². The lowest BCUT2D eigenvalue weighted by atomic mass is 9.82. The van der Waals surface area contributed by atoms with Gasteiger partial charge in [-0.15, -0.1) is 0 Å². The lowest BCUT2D eigenvalue weighted by molar-refractivity contribution is 0.0668. The highest BCUT2D eigenvalue weighted by Gasteiger charge is 2.28. The molecule has 22 heavy (non-hydrogen) atoms. The summed E-state index contributed by atoms with van der Waals surface area (Å²) >= 11 is 0. The lowest BCUT2D eigenvalue weighted by Crippen LogP contribution is -2.25. The standard InChI is InChI=1S/C19H22N2O/c1-19(22,16-9-3-2-4-10-16)21-18-12-6-5-11-17(18)15-8-7-13-20-14-15/h2-4,7-10,13-14,17,22H,5-6,11-12H2,1H3/t17?,19-/m1/s1. The molecule has 1 heterocycles. The Morgan fingerprint density at radius 3 is 2.68 bits per heavy atom. The van der Waals surface area contributed by atoms with Crippen molar-refractivity contribution in [2.75, 3.05) is 0 Å². The van der Waals surface area contributed by atoms with Crippen molar-refractivity contribution in [3.05, 3.63) is 66.0 Å². The molecule has 0 amide bonds. The van der Waals surface area contributed by atoms with Crippen molar-refractivity contribution < 1.29 is 5.11 Å². The van der Waals surface area contributed by atoms with Crippen LogP contribution in [-0.2, 0) is 5.72 Å². The summed E-state index contributed by atoms with van der Waals surface area (Å²) in [5.74, 6) is 0.276. The van der Waals surface area contributed by atoms with E-state index in [4.69, 9.17) is 4.99 Å². The first-order valence-electron chi connectivity index (χ1n) is 7.93. The van der Waals surface area contributed by atoms with Gasteiger partial charge in [-0.25, -0.2) is 0 Å². The fourth-order valence-electron chi connectivity index (χ4n) is 3.17. The maximum atomic E-state index is 10.8. The second-order valence-electron chi connectivity index (χ2n) is 6.07. The number of aliphatic hydroxyl groups is 1. The van der Waals surface area contributed by atoms with Crippen LogP contribution in [-0.4, -0.2) is 15.8 Å². The largest absolute Gasteiger partial charge is 0.366 e. The SMILES string of the molecule is C[C@](O)(N=C1CCCCC1c1cccnc1)c1ccccc1. The maximum absolute atomic E-state index is 10.8. The van der Waals surface area contributed by atoms with E-state index in [0.717, 1.165) is 30.5 Å². The fourth-order valence-corrected chi connectivity index (χ4v) is 3.17. The molecule has 1 unspecified atom stereocenters. The molecule has 1 saturated carbocycles. The highest BCUT2D eigenvalue weighted by molar-refractivity contribution is 5.91. The number of hydrogen-bond acceptors (Lipinski definition) is 3. The van der Waals surface area contributed by atoms with Gasteiger partial charge in [0.1, 0.15) is 0 Å². The van der Waals surface area contributed by atoms with Gasteiger partial charge in [-0.1, -0.05) is 42.8 Å². The molecule has 0 saturated heterocycles. The number of benzene rings is 1. The molecule has 2 aromatic rings. The number of hydrogen-bond donors (Lipinski definition) is 1. The van der Waals surface area contributed by atoms with E-state index in [0.29, 0.717) is 0 Å². The third kappa shape index (κ3) is 3.25. The molecule has 0 spiro atoms. The van der Waals surface area contributed by atoms with E-state index in [2.05, 4.69) is 11.1 Å². The topological polar surface area (TPSA) is 45.5 Å². The van der Waals surface area contributed by atoms with Crippen LogP contribution in [0.2, 0.25) is 0 Å². The quantitative estimate of drug-likeness (QED) is 0.928. The van der Waals surface area contributed by atoms with E-state index in [1.807, 2.05) is 42.6 Å². The molecule has 1 N–H and O–H groups in total. The molecule has 1 fully saturated rings. The van der Waals surface area contributed by atoms with Crippen LogP contribution in [0, 0.1) is 0 Å². The third-order valence-electron chi connectivity index (χ3n) is 4.35. The third-order valence-corrected chi connectivity index (χ3v) is 4.35. The number of aliphatic imine (C=N–C) groups is 1. The van der Waals surface area contributed by atoms with Crippen LogP contribution < -0.4 is 0 Å². The summed E-state index contributed by atoms with van der Waals surface area (Å²) in [5.41, 5.74) is 1.95. The molecule has 3 nitrogen and oxygen atoms in total. The molecule has 114 valence electrons. The minimum atomic E-state index is -1.17. The first-order valence-corrected chi connectivity index (χ1v) is 7.93. The number of aromatic nitrogens is 1. The van der Waals surface area contributed by atoms with E-state index < -0.39 is 5.72 Å². The van der Waals surface area contributed by atoms with E-state index in [9.17, 15) is 5.11 Å². The molecule has 1 aliphatic rings. The Hall–Kier alpha value is -2.00. The van der Waals surface area contributed by atoms with Crippen molar-refractivity contribution in [1.82, 2.24) is 4.98 Å². The summed E-state index contributed by atoms with van der Waals surface area (Å²) in [7, 11) is 0. The Balaban J connectivity index is 1.93. The molecule has 2 atom stereocenters. The molecule has 0 aliphatic heterocycles. The van der Waals surface area contributed by atoms with Crippen molar-refractivity contribution in [2.24, 2.45) is 4.99 Å². The summed E-state index contributed by atoms with van der Waals surface area (Å²) < 4.78 is 0. The first kappa shape index (κ1) is 14.9. The highest BCUT2D eigenvalue weighted by atomic mass is 16.3. The van der Waals surface area contributed by atoms with Crippen LogP contribution in [0.3, 0.4) is 0 Å². The van der Waals surface area contributed by atoms with Gasteiger partial charge < -0.3 is 5.11 Å². The van der Waals surface area contributed by atoms with Crippen LogP contribution in [0.4, 0.5) is 0 Å². The zero-order valence-corrected chi connectivity index (χ0v) is 12.9.